The Hall–Kier alpha value is -1.56. The van der Waals surface area contributed by atoms with Crippen molar-refractivity contribution < 1.29 is 22.8 Å². The summed E-state index contributed by atoms with van der Waals surface area (Å²) in [5.41, 5.74) is 1.75. The Morgan fingerprint density at radius 2 is 2.00 bits per heavy atom. The first-order valence-corrected chi connectivity index (χ1v) is 6.86. The number of halogens is 4. The maximum atomic E-state index is 12.6. The third-order valence-corrected chi connectivity index (χ3v) is 3.78. The van der Waals surface area contributed by atoms with E-state index < -0.39 is 18.1 Å². The molecule has 114 valence electrons. The zero-order valence-electron chi connectivity index (χ0n) is 11.2. The molecule has 1 heterocycles. The molecule has 0 radical (unpaired) electrons. The molecule has 1 atom stereocenters. The summed E-state index contributed by atoms with van der Waals surface area (Å²) in [5, 5.41) is 0. The van der Waals surface area contributed by atoms with Gasteiger partial charge in [0.15, 0.2) is 5.78 Å². The van der Waals surface area contributed by atoms with E-state index in [1.807, 2.05) is 0 Å². The van der Waals surface area contributed by atoms with Crippen LogP contribution in [0.3, 0.4) is 0 Å². The van der Waals surface area contributed by atoms with Gasteiger partial charge in [-0.05, 0) is 30.5 Å². The molecule has 1 amide bonds. The van der Waals surface area contributed by atoms with Gasteiger partial charge in [-0.2, -0.15) is 13.2 Å². The Morgan fingerprint density at radius 1 is 1.33 bits per heavy atom. The zero-order valence-corrected chi connectivity index (χ0v) is 12.0. The van der Waals surface area contributed by atoms with E-state index >= 15 is 0 Å². The summed E-state index contributed by atoms with van der Waals surface area (Å²) in [4.78, 5) is 23.8. The second kappa shape index (κ2) is 5.67. The number of hydrogen-bond donors (Lipinski definition) is 0. The number of Topliss-reactive ketones (excluding diaryl/α,β-unsaturated/α-hetero) is 1. The highest BCUT2D eigenvalue weighted by Crippen LogP contribution is 2.28. The lowest BCUT2D eigenvalue weighted by atomic mass is 9.92. The van der Waals surface area contributed by atoms with Crippen molar-refractivity contribution in [2.45, 2.75) is 32.1 Å². The van der Waals surface area contributed by atoms with Crippen LogP contribution in [0.25, 0.3) is 0 Å². The van der Waals surface area contributed by atoms with Gasteiger partial charge in [-0.3, -0.25) is 9.59 Å². The van der Waals surface area contributed by atoms with Crippen LogP contribution in [0.2, 0.25) is 0 Å². The Labute approximate surface area is 124 Å². The van der Waals surface area contributed by atoms with Gasteiger partial charge in [0.25, 0.3) is 0 Å². The molecule has 0 saturated carbocycles. The van der Waals surface area contributed by atoms with Crippen LogP contribution in [-0.4, -0.2) is 34.7 Å². The second-order valence-electron chi connectivity index (χ2n) is 5.02. The molecule has 3 nitrogen and oxygen atoms in total. The number of alkyl halides is 4. The topological polar surface area (TPSA) is 37.4 Å². The molecular formula is C14H13ClF3NO2. The summed E-state index contributed by atoms with van der Waals surface area (Å²) in [6.45, 7) is 1.42. The van der Waals surface area contributed by atoms with Crippen LogP contribution < -0.4 is 0 Å². The molecule has 2 rings (SSSR count). The van der Waals surface area contributed by atoms with Gasteiger partial charge in [-0.15, -0.1) is 11.6 Å². The van der Waals surface area contributed by atoms with Crippen LogP contribution in [0.1, 0.15) is 28.4 Å². The highest BCUT2D eigenvalue weighted by Gasteiger charge is 2.45. The maximum absolute atomic E-state index is 12.6. The summed E-state index contributed by atoms with van der Waals surface area (Å²) in [7, 11) is 0. The van der Waals surface area contributed by atoms with Gasteiger partial charge in [0.1, 0.15) is 0 Å². The highest BCUT2D eigenvalue weighted by atomic mass is 35.5. The first kappa shape index (κ1) is 15.8. The molecule has 1 unspecified atom stereocenters. The number of ketones is 1. The molecule has 1 aliphatic rings. The van der Waals surface area contributed by atoms with Crippen molar-refractivity contribution in [2.24, 2.45) is 0 Å². The van der Waals surface area contributed by atoms with Gasteiger partial charge < -0.3 is 4.90 Å². The van der Waals surface area contributed by atoms with E-state index in [1.165, 1.54) is 6.07 Å². The Kier molecular flexibility index (Phi) is 4.27. The largest absolute Gasteiger partial charge is 0.471 e. The van der Waals surface area contributed by atoms with Crippen molar-refractivity contribution in [3.63, 3.8) is 0 Å². The summed E-state index contributed by atoms with van der Waals surface area (Å²) in [6, 6.07) is 4.29. The first-order chi connectivity index (χ1) is 9.74. The first-order valence-electron chi connectivity index (χ1n) is 6.32. The number of carbonyl (C=O) groups is 2. The number of fused-ring (bicyclic) bond motifs is 1. The summed E-state index contributed by atoms with van der Waals surface area (Å²) in [5.74, 6) is -2.35. The highest BCUT2D eigenvalue weighted by molar-refractivity contribution is 6.30. The van der Waals surface area contributed by atoms with Crippen molar-refractivity contribution in [2.75, 3.05) is 5.88 Å². The molecule has 1 aliphatic heterocycles. The average molecular weight is 320 g/mol. The molecule has 0 aliphatic carbocycles. The van der Waals surface area contributed by atoms with Crippen LogP contribution in [0.15, 0.2) is 18.2 Å². The number of carbonyl (C=O) groups excluding carboxylic acids is 2. The fraction of sp³-hybridized carbons (Fsp3) is 0.429. The standard InChI is InChI=1S/C14H13ClF3NO2/c1-8-4-9-2-3-10(12(20)6-15)5-11(9)7-19(8)13(21)14(16,17)18/h2-3,5,8H,4,6-7H2,1H3. The minimum Gasteiger partial charge on any atom is -0.328 e. The fourth-order valence-corrected chi connectivity index (χ4v) is 2.58. The van der Waals surface area contributed by atoms with Crippen LogP contribution in [0, 0.1) is 0 Å². The van der Waals surface area contributed by atoms with Crippen LogP contribution in [-0.2, 0) is 17.8 Å². The molecular weight excluding hydrogens is 307 g/mol. The third kappa shape index (κ3) is 3.20. The average Bonchev–Trinajstić information content (AvgIpc) is 2.43. The quantitative estimate of drug-likeness (QED) is 0.621. The molecule has 0 bridgehead atoms. The third-order valence-electron chi connectivity index (χ3n) is 3.54. The molecule has 0 fully saturated rings. The van der Waals surface area contributed by atoms with Gasteiger partial charge in [0.2, 0.25) is 0 Å². The van der Waals surface area contributed by atoms with Crippen LogP contribution >= 0.6 is 11.6 Å². The lowest BCUT2D eigenvalue weighted by Crippen LogP contribution is -2.48. The number of rotatable bonds is 2. The van der Waals surface area contributed by atoms with E-state index in [9.17, 15) is 22.8 Å². The van der Waals surface area contributed by atoms with E-state index in [4.69, 9.17) is 11.6 Å². The zero-order chi connectivity index (χ0) is 15.8. The molecule has 0 N–H and O–H groups in total. The monoisotopic (exact) mass is 319 g/mol. The fourth-order valence-electron chi connectivity index (χ4n) is 2.43. The molecule has 1 aromatic rings. The maximum Gasteiger partial charge on any atom is 0.471 e. The van der Waals surface area contributed by atoms with E-state index in [0.29, 0.717) is 17.5 Å². The SMILES string of the molecule is CC1Cc2ccc(C(=O)CCl)cc2CN1C(=O)C(F)(F)F. The lowest BCUT2D eigenvalue weighted by molar-refractivity contribution is -0.188. The van der Waals surface area contributed by atoms with Crippen molar-refractivity contribution in [3.05, 3.63) is 34.9 Å². The van der Waals surface area contributed by atoms with E-state index in [-0.39, 0.29) is 18.2 Å². The minimum atomic E-state index is -4.89. The molecule has 0 spiro atoms. The number of nitrogens with zero attached hydrogens (tertiary/aromatic N) is 1. The van der Waals surface area contributed by atoms with Gasteiger partial charge >= 0.3 is 12.1 Å². The van der Waals surface area contributed by atoms with Crippen LogP contribution in [0.5, 0.6) is 0 Å². The smallest absolute Gasteiger partial charge is 0.328 e. The molecule has 1 aromatic carbocycles. The Bertz CT molecular complexity index is 586. The van der Waals surface area contributed by atoms with Crippen molar-refractivity contribution in [3.8, 4) is 0 Å². The predicted octanol–water partition coefficient (Wildman–Crippen LogP) is 2.94. The summed E-state index contributed by atoms with van der Waals surface area (Å²) in [6.07, 6.45) is -4.57. The summed E-state index contributed by atoms with van der Waals surface area (Å²) < 4.78 is 37.7. The van der Waals surface area contributed by atoms with Crippen LogP contribution in [0.4, 0.5) is 13.2 Å². The normalized spacial score (nSPS) is 18.3. The second-order valence-corrected chi connectivity index (χ2v) is 5.29. The molecule has 0 saturated heterocycles. The Balaban J connectivity index is 2.32. The van der Waals surface area contributed by atoms with E-state index in [1.54, 1.807) is 19.1 Å². The molecule has 7 heteroatoms. The van der Waals surface area contributed by atoms with Crippen molar-refractivity contribution >= 4 is 23.3 Å². The number of benzene rings is 1. The van der Waals surface area contributed by atoms with Crippen molar-refractivity contribution in [1.29, 1.82) is 0 Å². The minimum absolute atomic E-state index is 0.155. The van der Waals surface area contributed by atoms with Gasteiger partial charge in [0.05, 0.1) is 5.88 Å². The van der Waals surface area contributed by atoms with Crippen molar-refractivity contribution in [1.82, 2.24) is 4.90 Å². The lowest BCUT2D eigenvalue weighted by Gasteiger charge is -2.35. The molecule has 21 heavy (non-hydrogen) atoms. The summed E-state index contributed by atoms with van der Waals surface area (Å²) >= 11 is 5.47. The van der Waals surface area contributed by atoms with Gasteiger partial charge in [0, 0.05) is 18.2 Å². The number of hydrogen-bond acceptors (Lipinski definition) is 2. The van der Waals surface area contributed by atoms with Gasteiger partial charge in [-0.1, -0.05) is 12.1 Å². The Morgan fingerprint density at radius 3 is 2.57 bits per heavy atom. The molecule has 0 aromatic heterocycles. The van der Waals surface area contributed by atoms with E-state index in [2.05, 4.69) is 0 Å². The van der Waals surface area contributed by atoms with Gasteiger partial charge in [-0.25, -0.2) is 0 Å². The number of amides is 1. The van der Waals surface area contributed by atoms with E-state index in [0.717, 1.165) is 10.5 Å². The predicted molar refractivity (Wildman–Crippen MR) is 71.3 cm³/mol.